The van der Waals surface area contributed by atoms with Gasteiger partial charge in [0.15, 0.2) is 0 Å². The molecule has 3 aromatic rings. The number of nitrogens with zero attached hydrogens (tertiary/aromatic N) is 2. The number of hydrogen-bond acceptors (Lipinski definition) is 7. The molecule has 1 amide bonds. The van der Waals surface area contributed by atoms with Gasteiger partial charge < -0.3 is 29.5 Å². The van der Waals surface area contributed by atoms with Crippen molar-refractivity contribution >= 4 is 29.1 Å². The molecule has 0 bridgehead atoms. The average Bonchev–Trinajstić information content (AvgIpc) is 3.18. The second-order valence-corrected chi connectivity index (χ2v) is 9.15. The Balaban J connectivity index is 1.60. The van der Waals surface area contributed by atoms with Crippen molar-refractivity contribution in [2.75, 3.05) is 32.2 Å². The number of carbonyl (C=O) groups is 3. The quantitative estimate of drug-likeness (QED) is 0.290. The second-order valence-electron chi connectivity index (χ2n) is 9.15. The molecule has 0 aromatic heterocycles. The van der Waals surface area contributed by atoms with Crippen molar-refractivity contribution in [3.8, 4) is 11.5 Å². The van der Waals surface area contributed by atoms with Gasteiger partial charge in [0.05, 0.1) is 36.5 Å². The van der Waals surface area contributed by atoms with Crippen LogP contribution >= 0.6 is 0 Å². The zero-order valence-electron chi connectivity index (χ0n) is 20.9. The minimum Gasteiger partial charge on any atom is -0.507 e. The Hall–Kier alpha value is -4.79. The lowest BCUT2D eigenvalue weighted by Crippen LogP contribution is -2.29. The monoisotopic (exact) mass is 514 g/mol. The van der Waals surface area contributed by atoms with Crippen LogP contribution in [0.2, 0.25) is 0 Å². The number of aromatic carboxylic acids is 1. The smallest absolute Gasteiger partial charge is 0.335 e. The maximum Gasteiger partial charge on any atom is 0.335 e. The number of aliphatic hydroxyl groups is 1. The van der Waals surface area contributed by atoms with E-state index in [0.717, 1.165) is 5.69 Å². The number of rotatable bonds is 6. The maximum absolute atomic E-state index is 13.4. The molecule has 0 spiro atoms. The van der Waals surface area contributed by atoms with Crippen molar-refractivity contribution in [3.05, 3.63) is 94.6 Å². The minimum absolute atomic E-state index is 0.0262. The third-order valence-electron chi connectivity index (χ3n) is 6.85. The van der Waals surface area contributed by atoms with Gasteiger partial charge in [-0.3, -0.25) is 9.59 Å². The molecular formula is C29H26N2O7. The third-order valence-corrected chi connectivity index (χ3v) is 6.85. The molecule has 1 fully saturated rings. The molecule has 0 saturated carbocycles. The van der Waals surface area contributed by atoms with Crippen LogP contribution in [0.15, 0.2) is 72.3 Å². The number of likely N-dealkylation sites (N-methyl/N-ethyl adjacent to an activating group) is 1. The molecule has 0 radical (unpaired) electrons. The van der Waals surface area contributed by atoms with Crippen LogP contribution < -0.4 is 14.4 Å². The van der Waals surface area contributed by atoms with E-state index in [2.05, 4.69) is 0 Å². The fraction of sp³-hybridized carbons (Fsp3) is 0.207. The summed E-state index contributed by atoms with van der Waals surface area (Å²) in [5.41, 5.74) is 2.51. The van der Waals surface area contributed by atoms with E-state index in [1.54, 1.807) is 61.7 Å². The number of anilines is 1. The van der Waals surface area contributed by atoms with Gasteiger partial charge in [0, 0.05) is 19.2 Å². The van der Waals surface area contributed by atoms with E-state index in [0.29, 0.717) is 41.3 Å². The number of hydrogen-bond donors (Lipinski definition) is 2. The number of fused-ring (bicyclic) bond motifs is 1. The van der Waals surface area contributed by atoms with Crippen LogP contribution in [-0.2, 0) is 16.1 Å². The summed E-state index contributed by atoms with van der Waals surface area (Å²) in [5, 5.41) is 20.6. The molecule has 2 aliphatic rings. The summed E-state index contributed by atoms with van der Waals surface area (Å²) in [7, 11) is 3.45. The molecule has 2 aliphatic heterocycles. The highest BCUT2D eigenvalue weighted by atomic mass is 16.5. The average molecular weight is 515 g/mol. The molecule has 1 saturated heterocycles. The lowest BCUT2D eigenvalue weighted by Gasteiger charge is -2.28. The summed E-state index contributed by atoms with van der Waals surface area (Å²) in [4.78, 5) is 41.3. The Morgan fingerprint density at radius 1 is 1.00 bits per heavy atom. The van der Waals surface area contributed by atoms with Crippen molar-refractivity contribution < 1.29 is 34.1 Å². The molecule has 38 heavy (non-hydrogen) atoms. The zero-order chi connectivity index (χ0) is 27.0. The Morgan fingerprint density at radius 3 is 2.34 bits per heavy atom. The predicted molar refractivity (Wildman–Crippen MR) is 139 cm³/mol. The van der Waals surface area contributed by atoms with Crippen LogP contribution in [0.4, 0.5) is 5.69 Å². The summed E-state index contributed by atoms with van der Waals surface area (Å²) in [6.07, 6.45) is 0. The van der Waals surface area contributed by atoms with Crippen molar-refractivity contribution in [3.63, 3.8) is 0 Å². The molecule has 9 nitrogen and oxygen atoms in total. The van der Waals surface area contributed by atoms with Gasteiger partial charge in [-0.25, -0.2) is 4.79 Å². The summed E-state index contributed by atoms with van der Waals surface area (Å²) < 4.78 is 11.0. The first-order chi connectivity index (χ1) is 18.3. The first-order valence-corrected chi connectivity index (χ1v) is 12.0. The summed E-state index contributed by atoms with van der Waals surface area (Å²) in [5.74, 6) is -1.62. The SMILES string of the molecule is COc1ccc(C2/C(=C(/O)c3ccc4c(c3)N(C)CCO4)C(=O)C(=O)N2Cc2ccc(C(=O)O)cc2)cc1. The van der Waals surface area contributed by atoms with Crippen LogP contribution in [0.1, 0.15) is 33.1 Å². The number of ketones is 1. The number of methoxy groups -OCH3 is 1. The molecule has 1 unspecified atom stereocenters. The van der Waals surface area contributed by atoms with E-state index in [4.69, 9.17) is 9.47 Å². The molecule has 5 rings (SSSR count). The van der Waals surface area contributed by atoms with E-state index in [1.165, 1.54) is 17.0 Å². The summed E-state index contributed by atoms with van der Waals surface area (Å²) in [6.45, 7) is 1.26. The van der Waals surface area contributed by atoms with Crippen molar-refractivity contribution in [1.29, 1.82) is 0 Å². The lowest BCUT2D eigenvalue weighted by atomic mass is 9.94. The molecular weight excluding hydrogens is 488 g/mol. The molecule has 0 aliphatic carbocycles. The van der Waals surface area contributed by atoms with E-state index >= 15 is 0 Å². The van der Waals surface area contributed by atoms with Gasteiger partial charge in [-0.15, -0.1) is 0 Å². The highest BCUT2D eigenvalue weighted by Gasteiger charge is 2.46. The van der Waals surface area contributed by atoms with Crippen LogP contribution in [0.25, 0.3) is 5.76 Å². The number of likely N-dealkylation sites (tertiary alicyclic amines) is 1. The topological polar surface area (TPSA) is 117 Å². The second kappa shape index (κ2) is 9.93. The molecule has 194 valence electrons. The van der Waals surface area contributed by atoms with E-state index in [1.807, 2.05) is 11.9 Å². The normalized spacial score (nSPS) is 18.2. The van der Waals surface area contributed by atoms with Gasteiger partial charge in [0.2, 0.25) is 0 Å². The number of amides is 1. The van der Waals surface area contributed by atoms with Crippen LogP contribution in [-0.4, -0.2) is 60.1 Å². The van der Waals surface area contributed by atoms with Crippen LogP contribution in [0.5, 0.6) is 11.5 Å². The maximum atomic E-state index is 13.4. The lowest BCUT2D eigenvalue weighted by molar-refractivity contribution is -0.140. The summed E-state index contributed by atoms with van der Waals surface area (Å²) >= 11 is 0. The first kappa shape index (κ1) is 24.9. The number of Topliss-reactive ketones (excluding diaryl/α,β-unsaturated/α-hetero) is 1. The highest BCUT2D eigenvalue weighted by Crippen LogP contribution is 2.42. The van der Waals surface area contributed by atoms with Crippen LogP contribution in [0.3, 0.4) is 0 Å². The number of benzene rings is 3. The van der Waals surface area contributed by atoms with Gasteiger partial charge in [-0.1, -0.05) is 24.3 Å². The Labute approximate surface area is 219 Å². The molecule has 1 atom stereocenters. The van der Waals surface area contributed by atoms with Crippen LogP contribution in [0, 0.1) is 0 Å². The standard InChI is InChI=1S/C29H26N2O7/c1-30-13-14-38-23-12-9-20(15-22(23)30)26(32)24-25(18-7-10-21(37-2)11-8-18)31(28(34)27(24)33)16-17-3-5-19(6-4-17)29(35)36/h3-12,15,25,32H,13-14,16H2,1-2H3,(H,35,36)/b26-24-. The third kappa shape index (κ3) is 4.43. The number of aliphatic hydroxyl groups excluding tert-OH is 1. The zero-order valence-corrected chi connectivity index (χ0v) is 20.9. The number of carboxylic acid groups (broad SMARTS) is 1. The van der Waals surface area contributed by atoms with Crippen molar-refractivity contribution in [2.24, 2.45) is 0 Å². The van der Waals surface area contributed by atoms with Gasteiger partial charge >= 0.3 is 5.97 Å². The number of carboxylic acids is 1. The summed E-state index contributed by atoms with van der Waals surface area (Å²) in [6, 6.07) is 17.3. The van der Waals surface area contributed by atoms with E-state index in [9.17, 15) is 24.6 Å². The van der Waals surface area contributed by atoms with Gasteiger partial charge in [0.1, 0.15) is 23.9 Å². The minimum atomic E-state index is -1.06. The van der Waals surface area contributed by atoms with Crippen molar-refractivity contribution in [2.45, 2.75) is 12.6 Å². The fourth-order valence-electron chi connectivity index (χ4n) is 4.78. The predicted octanol–water partition coefficient (Wildman–Crippen LogP) is 3.84. The molecule has 3 aromatic carbocycles. The van der Waals surface area contributed by atoms with Gasteiger partial charge in [-0.2, -0.15) is 0 Å². The largest absolute Gasteiger partial charge is 0.507 e. The Kier molecular flexibility index (Phi) is 6.50. The Morgan fingerprint density at radius 2 is 1.68 bits per heavy atom. The first-order valence-electron chi connectivity index (χ1n) is 12.0. The Bertz CT molecular complexity index is 1440. The van der Waals surface area contributed by atoms with Gasteiger partial charge in [-0.05, 0) is 53.6 Å². The van der Waals surface area contributed by atoms with E-state index in [-0.39, 0.29) is 23.4 Å². The van der Waals surface area contributed by atoms with E-state index < -0.39 is 23.7 Å². The number of carbonyl (C=O) groups excluding carboxylic acids is 2. The number of ether oxygens (including phenoxy) is 2. The van der Waals surface area contributed by atoms with Crippen molar-refractivity contribution in [1.82, 2.24) is 4.90 Å². The molecule has 2 N–H and O–H groups in total. The molecule has 9 heteroatoms. The molecule has 2 heterocycles. The highest BCUT2D eigenvalue weighted by molar-refractivity contribution is 6.46. The van der Waals surface area contributed by atoms with Gasteiger partial charge in [0.25, 0.3) is 11.7 Å². The fourth-order valence-corrected chi connectivity index (χ4v) is 4.78.